The molecule has 2 atom stereocenters. The van der Waals surface area contributed by atoms with E-state index in [1.165, 1.54) is 0 Å². The lowest BCUT2D eigenvalue weighted by molar-refractivity contribution is 0.284. The van der Waals surface area contributed by atoms with Gasteiger partial charge in [-0.2, -0.15) is 0 Å². The van der Waals surface area contributed by atoms with Crippen LogP contribution in [0.4, 0.5) is 0 Å². The molecule has 0 spiro atoms. The molecule has 0 N–H and O–H groups in total. The molecule has 0 amide bonds. The van der Waals surface area contributed by atoms with Crippen molar-refractivity contribution in [2.75, 3.05) is 20.8 Å². The average molecular weight is 390 g/mol. The second-order valence-electron chi connectivity index (χ2n) is 5.82. The Labute approximate surface area is 156 Å². The Bertz CT molecular complexity index is 633. The van der Waals surface area contributed by atoms with Crippen LogP contribution >= 0.6 is 46.4 Å². The van der Waals surface area contributed by atoms with Crippen molar-refractivity contribution >= 4 is 46.4 Å². The average Bonchev–Trinajstić information content (AvgIpc) is 2.74. The summed E-state index contributed by atoms with van der Waals surface area (Å²) in [4.78, 5) is 4.41. The molecule has 23 heavy (non-hydrogen) atoms. The molecule has 3 rings (SSSR count). The van der Waals surface area contributed by atoms with Crippen LogP contribution in [0.25, 0.3) is 0 Å². The van der Waals surface area contributed by atoms with E-state index in [4.69, 9.17) is 46.4 Å². The molecule has 0 bridgehead atoms. The van der Waals surface area contributed by atoms with Gasteiger partial charge in [-0.05, 0) is 38.4 Å². The summed E-state index contributed by atoms with van der Waals surface area (Å²) < 4.78 is 0. The summed E-state index contributed by atoms with van der Waals surface area (Å²) in [6, 6.07) is 11.1. The quantitative estimate of drug-likeness (QED) is 0.629. The lowest BCUT2D eigenvalue weighted by Gasteiger charge is -2.29. The molecular formula is C17H16Cl4N2. The van der Waals surface area contributed by atoms with Gasteiger partial charge in [0.1, 0.15) is 0 Å². The van der Waals surface area contributed by atoms with Gasteiger partial charge in [0.15, 0.2) is 0 Å². The highest BCUT2D eigenvalue weighted by Gasteiger charge is 2.41. The highest BCUT2D eigenvalue weighted by molar-refractivity contribution is 6.37. The highest BCUT2D eigenvalue weighted by Crippen LogP contribution is 2.49. The van der Waals surface area contributed by atoms with E-state index in [0.29, 0.717) is 20.1 Å². The maximum Gasteiger partial charge on any atom is 0.0585 e. The number of benzene rings is 2. The molecule has 2 nitrogen and oxygen atoms in total. The van der Waals surface area contributed by atoms with Gasteiger partial charge in [0.25, 0.3) is 0 Å². The minimum atomic E-state index is -0.0291. The Morgan fingerprint density at radius 3 is 1.30 bits per heavy atom. The molecule has 1 saturated heterocycles. The van der Waals surface area contributed by atoms with Crippen molar-refractivity contribution in [1.29, 1.82) is 0 Å². The Morgan fingerprint density at radius 2 is 1.00 bits per heavy atom. The Kier molecular flexibility index (Phi) is 5.12. The van der Waals surface area contributed by atoms with Crippen molar-refractivity contribution in [3.8, 4) is 0 Å². The van der Waals surface area contributed by atoms with Gasteiger partial charge in [0, 0.05) is 31.2 Å². The summed E-state index contributed by atoms with van der Waals surface area (Å²) in [7, 11) is 4.09. The zero-order valence-corrected chi connectivity index (χ0v) is 15.8. The number of halogens is 4. The largest absolute Gasteiger partial charge is 0.284 e. The van der Waals surface area contributed by atoms with Gasteiger partial charge in [-0.25, -0.2) is 0 Å². The third-order valence-electron chi connectivity index (χ3n) is 4.29. The van der Waals surface area contributed by atoms with E-state index in [1.54, 1.807) is 0 Å². The van der Waals surface area contributed by atoms with Crippen LogP contribution in [0.1, 0.15) is 23.2 Å². The van der Waals surface area contributed by atoms with Crippen LogP contribution in [0.5, 0.6) is 0 Å². The van der Waals surface area contributed by atoms with Gasteiger partial charge >= 0.3 is 0 Å². The van der Waals surface area contributed by atoms with Gasteiger partial charge in [-0.3, -0.25) is 9.80 Å². The molecule has 1 fully saturated rings. The minimum absolute atomic E-state index is 0.0291. The maximum atomic E-state index is 6.46. The first-order chi connectivity index (χ1) is 10.9. The summed E-state index contributed by atoms with van der Waals surface area (Å²) in [6.07, 6.45) is 0. The third kappa shape index (κ3) is 3.09. The van der Waals surface area contributed by atoms with Crippen molar-refractivity contribution in [3.05, 3.63) is 67.6 Å². The summed E-state index contributed by atoms with van der Waals surface area (Å²) >= 11 is 25.8. The molecule has 0 radical (unpaired) electrons. The van der Waals surface area contributed by atoms with Crippen LogP contribution in [0.3, 0.4) is 0 Å². The third-order valence-corrected chi connectivity index (χ3v) is 5.60. The Morgan fingerprint density at radius 1 is 0.696 bits per heavy atom. The fraction of sp³-hybridized carbons (Fsp3) is 0.294. The first-order valence-corrected chi connectivity index (χ1v) is 8.71. The van der Waals surface area contributed by atoms with Crippen LogP contribution in [0.15, 0.2) is 36.4 Å². The number of hydrogen-bond donors (Lipinski definition) is 0. The molecule has 2 aromatic carbocycles. The molecule has 6 heteroatoms. The van der Waals surface area contributed by atoms with Gasteiger partial charge in [0.2, 0.25) is 0 Å². The van der Waals surface area contributed by atoms with Crippen LogP contribution in [0, 0.1) is 0 Å². The van der Waals surface area contributed by atoms with E-state index >= 15 is 0 Å². The predicted molar refractivity (Wildman–Crippen MR) is 98.8 cm³/mol. The van der Waals surface area contributed by atoms with Gasteiger partial charge in [0.05, 0.1) is 18.8 Å². The van der Waals surface area contributed by atoms with E-state index in [1.807, 2.05) is 50.5 Å². The SMILES string of the molecule is CN1CN(C)[C@H](c2c(Cl)cccc2Cl)[C@H]1c1c(Cl)cccc1Cl. The van der Waals surface area contributed by atoms with E-state index in [0.717, 1.165) is 17.8 Å². The standard InChI is InChI=1S/C17H16Cl4N2/c1-22-9-23(2)17(15-12(20)7-4-8-13(15)21)16(22)14-10(18)5-3-6-11(14)19/h3-8,16-17H,9H2,1-2H3/t16-,17-/m1/s1. The lowest BCUT2D eigenvalue weighted by atomic mass is 9.93. The molecular weight excluding hydrogens is 374 g/mol. The molecule has 0 saturated carbocycles. The maximum absolute atomic E-state index is 6.46. The zero-order chi connectivity index (χ0) is 16.7. The molecule has 1 heterocycles. The van der Waals surface area contributed by atoms with Crippen LogP contribution < -0.4 is 0 Å². The Hall–Kier alpha value is -0.480. The van der Waals surface area contributed by atoms with E-state index in [9.17, 15) is 0 Å². The zero-order valence-electron chi connectivity index (χ0n) is 12.7. The fourth-order valence-corrected chi connectivity index (χ4v) is 4.59. The predicted octanol–water partition coefficient (Wildman–Crippen LogP) is 5.92. The molecule has 0 aliphatic carbocycles. The Balaban J connectivity index is 2.18. The van der Waals surface area contributed by atoms with E-state index in [2.05, 4.69) is 9.80 Å². The molecule has 1 aliphatic rings. The first-order valence-electron chi connectivity index (χ1n) is 7.20. The number of nitrogens with zero attached hydrogens (tertiary/aromatic N) is 2. The van der Waals surface area contributed by atoms with Crippen molar-refractivity contribution in [2.45, 2.75) is 12.1 Å². The van der Waals surface area contributed by atoms with Crippen molar-refractivity contribution in [3.63, 3.8) is 0 Å². The molecule has 0 aromatic heterocycles. The summed E-state index contributed by atoms with van der Waals surface area (Å²) in [5, 5.41) is 2.60. The number of likely N-dealkylation sites (N-methyl/N-ethyl adjacent to an activating group) is 2. The second-order valence-corrected chi connectivity index (χ2v) is 7.44. The van der Waals surface area contributed by atoms with Crippen molar-refractivity contribution in [1.82, 2.24) is 9.80 Å². The van der Waals surface area contributed by atoms with Gasteiger partial charge in [-0.1, -0.05) is 58.5 Å². The summed E-state index contributed by atoms with van der Waals surface area (Å²) in [6.45, 7) is 0.762. The monoisotopic (exact) mass is 388 g/mol. The normalized spacial score (nSPS) is 22.7. The molecule has 0 unspecified atom stereocenters. The molecule has 1 aliphatic heterocycles. The topological polar surface area (TPSA) is 6.48 Å². The van der Waals surface area contributed by atoms with Crippen molar-refractivity contribution in [2.24, 2.45) is 0 Å². The second kappa shape index (κ2) is 6.79. The highest BCUT2D eigenvalue weighted by atomic mass is 35.5. The lowest BCUT2D eigenvalue weighted by Crippen LogP contribution is -2.22. The van der Waals surface area contributed by atoms with Crippen LogP contribution in [-0.4, -0.2) is 30.6 Å². The van der Waals surface area contributed by atoms with E-state index in [-0.39, 0.29) is 12.1 Å². The first kappa shape index (κ1) is 17.3. The van der Waals surface area contributed by atoms with E-state index < -0.39 is 0 Å². The number of rotatable bonds is 2. The van der Waals surface area contributed by atoms with Gasteiger partial charge in [-0.15, -0.1) is 0 Å². The molecule has 2 aromatic rings. The minimum Gasteiger partial charge on any atom is -0.284 e. The fourth-order valence-electron chi connectivity index (χ4n) is 3.35. The summed E-state index contributed by atoms with van der Waals surface area (Å²) in [5.74, 6) is 0. The number of hydrogen-bond acceptors (Lipinski definition) is 2. The van der Waals surface area contributed by atoms with Gasteiger partial charge < -0.3 is 0 Å². The molecule has 122 valence electrons. The summed E-state index contributed by atoms with van der Waals surface area (Å²) in [5.41, 5.74) is 1.81. The van der Waals surface area contributed by atoms with Crippen LogP contribution in [-0.2, 0) is 0 Å². The van der Waals surface area contributed by atoms with Crippen molar-refractivity contribution < 1.29 is 0 Å². The smallest absolute Gasteiger partial charge is 0.0585 e. The van der Waals surface area contributed by atoms with Crippen LogP contribution in [0.2, 0.25) is 20.1 Å².